The van der Waals surface area contributed by atoms with Crippen LogP contribution in [0.2, 0.25) is 0 Å². The van der Waals surface area contributed by atoms with E-state index >= 15 is 0 Å². The lowest BCUT2D eigenvalue weighted by atomic mass is 10.2. The second kappa shape index (κ2) is 10.5. The van der Waals surface area contributed by atoms with E-state index in [2.05, 4.69) is 15.7 Å². The molecule has 0 spiro atoms. The van der Waals surface area contributed by atoms with E-state index < -0.39 is 11.8 Å². The highest BCUT2D eigenvalue weighted by Gasteiger charge is 2.03. The Bertz CT molecular complexity index is 623. The summed E-state index contributed by atoms with van der Waals surface area (Å²) in [7, 11) is 0. The van der Waals surface area contributed by atoms with Crippen molar-refractivity contribution >= 4 is 29.7 Å². The third-order valence-corrected chi connectivity index (χ3v) is 2.72. The van der Waals surface area contributed by atoms with Crippen LogP contribution in [-0.4, -0.2) is 37.1 Å². The molecule has 2 amide bonds. The van der Waals surface area contributed by atoms with Gasteiger partial charge in [-0.15, -0.1) is 0 Å². The largest absolute Gasteiger partial charge is 0.466 e. The maximum Gasteiger partial charge on any atom is 0.307 e. The molecule has 0 aliphatic carbocycles. The number of hydrogen-bond donors (Lipinski definition) is 3. The van der Waals surface area contributed by atoms with Crippen molar-refractivity contribution in [2.75, 3.05) is 18.5 Å². The molecule has 0 aromatic heterocycles. The third kappa shape index (κ3) is 7.74. The van der Waals surface area contributed by atoms with Gasteiger partial charge in [0.1, 0.15) is 0 Å². The molecule has 0 bridgehead atoms. The molecule has 0 radical (unpaired) electrons. The second-order valence-electron chi connectivity index (χ2n) is 4.57. The van der Waals surface area contributed by atoms with Gasteiger partial charge in [-0.2, -0.15) is 5.10 Å². The van der Waals surface area contributed by atoms with Crippen molar-refractivity contribution in [2.24, 2.45) is 10.9 Å². The number of hydrogen-bond acceptors (Lipinski definition) is 6. The van der Waals surface area contributed by atoms with E-state index in [1.54, 1.807) is 31.2 Å². The number of amides is 2. The fourth-order valence-electron chi connectivity index (χ4n) is 1.65. The van der Waals surface area contributed by atoms with Gasteiger partial charge in [-0.25, -0.2) is 0 Å². The minimum absolute atomic E-state index is 0.0814. The lowest BCUT2D eigenvalue weighted by Crippen LogP contribution is -2.25. The van der Waals surface area contributed by atoms with Crippen molar-refractivity contribution in [3.05, 3.63) is 42.0 Å². The Labute approximate surface area is 139 Å². The Morgan fingerprint density at radius 3 is 2.46 bits per heavy atom. The van der Waals surface area contributed by atoms with Crippen LogP contribution in [0.1, 0.15) is 18.9 Å². The van der Waals surface area contributed by atoms with E-state index in [0.717, 1.165) is 17.7 Å². The summed E-state index contributed by atoms with van der Waals surface area (Å²) in [4.78, 5) is 34.3. The number of carbonyl (C=O) groups excluding carboxylic acids is 3. The molecule has 4 N–H and O–H groups in total. The lowest BCUT2D eigenvalue weighted by molar-refractivity contribution is -0.143. The summed E-state index contributed by atoms with van der Waals surface area (Å²) in [6, 6.07) is 6.83. The maximum absolute atomic E-state index is 11.7. The normalized spacial score (nSPS) is 10.7. The molecule has 0 heterocycles. The van der Waals surface area contributed by atoms with Gasteiger partial charge in [0.05, 0.1) is 19.2 Å². The topological polar surface area (TPSA) is 123 Å². The van der Waals surface area contributed by atoms with Crippen LogP contribution in [0.4, 0.5) is 5.69 Å². The quantitative estimate of drug-likeness (QED) is 0.211. The lowest BCUT2D eigenvalue weighted by Gasteiger charge is -2.03. The van der Waals surface area contributed by atoms with Crippen LogP contribution >= 0.6 is 0 Å². The van der Waals surface area contributed by atoms with Gasteiger partial charge >= 0.3 is 5.97 Å². The van der Waals surface area contributed by atoms with Crippen LogP contribution in [0.15, 0.2) is 41.5 Å². The third-order valence-electron chi connectivity index (χ3n) is 2.72. The fraction of sp³-hybridized carbons (Fsp3) is 0.250. The standard InChI is InChI=1S/C16H20N4O4/c1-2-24-16(23)9-10-18-14(21)7-8-15(22)20-13-5-3-12(4-6-13)11-19-17/h3-8,11H,2,9-10,17H2,1H3,(H,18,21)(H,20,22)/b8-7+,19-11?. The Hall–Kier alpha value is -3.16. The molecule has 0 aliphatic heterocycles. The summed E-state index contributed by atoms with van der Waals surface area (Å²) in [5.74, 6) is 3.74. The van der Waals surface area contributed by atoms with Crippen LogP contribution < -0.4 is 16.5 Å². The summed E-state index contributed by atoms with van der Waals surface area (Å²) in [5, 5.41) is 8.48. The van der Waals surface area contributed by atoms with Crippen molar-refractivity contribution in [2.45, 2.75) is 13.3 Å². The Morgan fingerprint density at radius 2 is 1.83 bits per heavy atom. The zero-order valence-corrected chi connectivity index (χ0v) is 13.3. The van der Waals surface area contributed by atoms with Crippen molar-refractivity contribution in [1.29, 1.82) is 0 Å². The average molecular weight is 332 g/mol. The highest BCUT2D eigenvalue weighted by atomic mass is 16.5. The molecular formula is C16H20N4O4. The number of ether oxygens (including phenoxy) is 1. The van der Waals surface area contributed by atoms with Crippen LogP contribution in [0.3, 0.4) is 0 Å². The first-order chi connectivity index (χ1) is 11.5. The summed E-state index contributed by atoms with van der Waals surface area (Å²) in [6.45, 7) is 2.15. The van der Waals surface area contributed by atoms with E-state index in [9.17, 15) is 14.4 Å². The number of anilines is 1. The Balaban J connectivity index is 2.36. The monoisotopic (exact) mass is 332 g/mol. The summed E-state index contributed by atoms with van der Waals surface area (Å²) < 4.78 is 4.72. The SMILES string of the molecule is CCOC(=O)CCNC(=O)/C=C/C(=O)Nc1ccc(C=NN)cc1. The second-order valence-corrected chi connectivity index (χ2v) is 4.57. The minimum Gasteiger partial charge on any atom is -0.466 e. The molecule has 8 nitrogen and oxygen atoms in total. The number of nitrogens with zero attached hydrogens (tertiary/aromatic N) is 1. The van der Waals surface area contributed by atoms with Gasteiger partial charge in [0.15, 0.2) is 0 Å². The van der Waals surface area contributed by atoms with Crippen LogP contribution in [-0.2, 0) is 19.1 Å². The number of nitrogens with two attached hydrogens (primary N) is 1. The highest BCUT2D eigenvalue weighted by Crippen LogP contribution is 2.08. The molecule has 24 heavy (non-hydrogen) atoms. The number of benzene rings is 1. The number of esters is 1. The molecule has 0 atom stereocenters. The van der Waals surface area contributed by atoms with E-state index in [-0.39, 0.29) is 18.9 Å². The fourth-order valence-corrected chi connectivity index (χ4v) is 1.65. The van der Waals surface area contributed by atoms with Gasteiger partial charge in [-0.3, -0.25) is 14.4 Å². The molecule has 128 valence electrons. The molecule has 0 aliphatic rings. The average Bonchev–Trinajstić information content (AvgIpc) is 2.55. The Morgan fingerprint density at radius 1 is 1.17 bits per heavy atom. The first-order valence-corrected chi connectivity index (χ1v) is 7.31. The molecule has 0 saturated carbocycles. The molecule has 8 heteroatoms. The summed E-state index contributed by atoms with van der Waals surface area (Å²) in [5.41, 5.74) is 1.37. The highest BCUT2D eigenvalue weighted by molar-refractivity contribution is 6.03. The van der Waals surface area contributed by atoms with Crippen molar-refractivity contribution in [3.8, 4) is 0 Å². The summed E-state index contributed by atoms with van der Waals surface area (Å²) >= 11 is 0. The minimum atomic E-state index is -0.469. The van der Waals surface area contributed by atoms with Crippen LogP contribution in [0.5, 0.6) is 0 Å². The maximum atomic E-state index is 11.7. The predicted molar refractivity (Wildman–Crippen MR) is 90.3 cm³/mol. The molecule has 0 fully saturated rings. The zero-order chi connectivity index (χ0) is 17.8. The zero-order valence-electron chi connectivity index (χ0n) is 13.3. The molecule has 0 unspecified atom stereocenters. The van der Waals surface area contributed by atoms with Crippen molar-refractivity contribution in [1.82, 2.24) is 5.32 Å². The van der Waals surface area contributed by atoms with E-state index in [4.69, 9.17) is 10.6 Å². The molecule has 1 aromatic carbocycles. The van der Waals surface area contributed by atoms with Gasteiger partial charge in [0.2, 0.25) is 11.8 Å². The van der Waals surface area contributed by atoms with Gasteiger partial charge in [0.25, 0.3) is 0 Å². The van der Waals surface area contributed by atoms with E-state index in [1.165, 1.54) is 6.21 Å². The molecular weight excluding hydrogens is 312 g/mol. The number of hydrazone groups is 1. The first-order valence-electron chi connectivity index (χ1n) is 7.31. The molecule has 1 aromatic rings. The smallest absolute Gasteiger partial charge is 0.307 e. The van der Waals surface area contributed by atoms with E-state index in [1.807, 2.05) is 0 Å². The van der Waals surface area contributed by atoms with Crippen molar-refractivity contribution in [3.63, 3.8) is 0 Å². The summed E-state index contributed by atoms with van der Waals surface area (Å²) in [6.07, 6.45) is 3.76. The molecule has 1 rings (SSSR count). The first kappa shape index (κ1) is 18.9. The number of carbonyl (C=O) groups is 3. The van der Waals surface area contributed by atoms with Gasteiger partial charge in [-0.1, -0.05) is 12.1 Å². The van der Waals surface area contributed by atoms with Gasteiger partial charge < -0.3 is 21.2 Å². The number of nitrogens with one attached hydrogen (secondary N) is 2. The molecule has 0 saturated heterocycles. The number of rotatable bonds is 8. The predicted octanol–water partition coefficient (Wildman–Crippen LogP) is 0.543. The van der Waals surface area contributed by atoms with Gasteiger partial charge in [0, 0.05) is 24.4 Å². The van der Waals surface area contributed by atoms with Crippen molar-refractivity contribution < 1.29 is 19.1 Å². The van der Waals surface area contributed by atoms with Crippen LogP contribution in [0, 0.1) is 0 Å². The van der Waals surface area contributed by atoms with Gasteiger partial charge in [-0.05, 0) is 24.6 Å². The Kier molecular flexibility index (Phi) is 8.30. The van der Waals surface area contributed by atoms with Crippen LogP contribution in [0.25, 0.3) is 0 Å². The van der Waals surface area contributed by atoms with E-state index in [0.29, 0.717) is 12.3 Å².